The van der Waals surface area contributed by atoms with E-state index in [2.05, 4.69) is 20.4 Å². The fourth-order valence-electron chi connectivity index (χ4n) is 2.42. The fourth-order valence-corrected chi connectivity index (χ4v) is 2.42. The molecular formula is C19H23FN4O4. The minimum atomic E-state index is -0.571. The lowest BCUT2D eigenvalue weighted by Gasteiger charge is -2.21. The summed E-state index contributed by atoms with van der Waals surface area (Å²) in [6, 6.07) is 6.79. The number of urea groups is 1. The number of nitrogens with zero attached hydrogens (tertiary/aromatic N) is 2. The van der Waals surface area contributed by atoms with E-state index in [-0.39, 0.29) is 18.0 Å². The molecule has 0 bridgehead atoms. The summed E-state index contributed by atoms with van der Waals surface area (Å²) in [6.45, 7) is 3.81. The molecule has 2 aromatic rings. The summed E-state index contributed by atoms with van der Waals surface area (Å²) < 4.78 is 24.2. The molecule has 2 N–H and O–H groups in total. The molecule has 0 aliphatic rings. The van der Waals surface area contributed by atoms with Crippen LogP contribution >= 0.6 is 0 Å². The number of aryl methyl sites for hydroxylation is 1. The maximum atomic E-state index is 13.9. The Hall–Kier alpha value is -3.36. The van der Waals surface area contributed by atoms with Crippen molar-refractivity contribution < 1.29 is 23.5 Å². The van der Waals surface area contributed by atoms with Gasteiger partial charge in [-0.15, -0.1) is 0 Å². The maximum absolute atomic E-state index is 13.9. The Labute approximate surface area is 162 Å². The van der Waals surface area contributed by atoms with Gasteiger partial charge in [-0.3, -0.25) is 4.98 Å². The molecule has 0 saturated carbocycles. The standard InChI is InChI=1S/C19H23FN4O4/c1-12-5-6-15(10-21-12)22-18(25)23-16-7-14(20)8-17(9-16)28-13(2)11-24(3)19(26)27-4/h5-10,13H,11H2,1-4H3,(H2,22,23,25)/t13-/m0/s1. The number of rotatable bonds is 6. The number of halogens is 1. The van der Waals surface area contributed by atoms with Crippen LogP contribution in [0.3, 0.4) is 0 Å². The molecule has 150 valence electrons. The molecule has 0 fully saturated rings. The first-order valence-corrected chi connectivity index (χ1v) is 8.54. The summed E-state index contributed by atoms with van der Waals surface area (Å²) in [5.41, 5.74) is 1.56. The predicted molar refractivity (Wildman–Crippen MR) is 103 cm³/mol. The van der Waals surface area contributed by atoms with Crippen LogP contribution in [0.5, 0.6) is 5.75 Å². The molecule has 3 amide bonds. The van der Waals surface area contributed by atoms with Crippen molar-refractivity contribution in [2.45, 2.75) is 20.0 Å². The average Bonchev–Trinajstić information content (AvgIpc) is 2.62. The summed E-state index contributed by atoms with van der Waals surface area (Å²) in [4.78, 5) is 28.9. The summed E-state index contributed by atoms with van der Waals surface area (Å²) >= 11 is 0. The molecular weight excluding hydrogens is 367 g/mol. The number of carbonyl (C=O) groups is 2. The van der Waals surface area contributed by atoms with Gasteiger partial charge in [-0.1, -0.05) is 0 Å². The Morgan fingerprint density at radius 1 is 1.21 bits per heavy atom. The Morgan fingerprint density at radius 2 is 1.93 bits per heavy atom. The van der Waals surface area contributed by atoms with Gasteiger partial charge in [-0.25, -0.2) is 14.0 Å². The van der Waals surface area contributed by atoms with Gasteiger partial charge in [0.25, 0.3) is 0 Å². The Morgan fingerprint density at radius 3 is 2.57 bits per heavy atom. The first-order chi connectivity index (χ1) is 13.3. The third-order valence-corrected chi connectivity index (χ3v) is 3.65. The zero-order valence-corrected chi connectivity index (χ0v) is 16.2. The summed E-state index contributed by atoms with van der Waals surface area (Å²) in [6.07, 6.45) is 0.597. The number of aromatic nitrogens is 1. The zero-order chi connectivity index (χ0) is 20.7. The van der Waals surface area contributed by atoms with Crippen LogP contribution in [0, 0.1) is 12.7 Å². The smallest absolute Gasteiger partial charge is 0.409 e. The van der Waals surface area contributed by atoms with Gasteiger partial charge in [0.2, 0.25) is 0 Å². The summed E-state index contributed by atoms with van der Waals surface area (Å²) in [5.74, 6) is -0.351. The van der Waals surface area contributed by atoms with E-state index in [1.165, 1.54) is 36.4 Å². The van der Waals surface area contributed by atoms with Gasteiger partial charge in [-0.2, -0.15) is 0 Å². The third-order valence-electron chi connectivity index (χ3n) is 3.65. The first kappa shape index (κ1) is 20.9. The van der Waals surface area contributed by atoms with E-state index < -0.39 is 24.0 Å². The van der Waals surface area contributed by atoms with Crippen LogP contribution in [-0.2, 0) is 4.74 Å². The van der Waals surface area contributed by atoms with Crippen molar-refractivity contribution in [1.29, 1.82) is 0 Å². The number of nitrogens with one attached hydrogen (secondary N) is 2. The van der Waals surface area contributed by atoms with E-state index in [0.29, 0.717) is 5.69 Å². The molecule has 1 aromatic carbocycles. The molecule has 0 spiro atoms. The van der Waals surface area contributed by atoms with E-state index in [4.69, 9.17) is 4.74 Å². The highest BCUT2D eigenvalue weighted by molar-refractivity contribution is 5.99. The van der Waals surface area contributed by atoms with Crippen LogP contribution in [0.1, 0.15) is 12.6 Å². The summed E-state index contributed by atoms with van der Waals surface area (Å²) in [7, 11) is 2.85. The lowest BCUT2D eigenvalue weighted by Crippen LogP contribution is -2.35. The number of hydrogen-bond acceptors (Lipinski definition) is 5. The maximum Gasteiger partial charge on any atom is 0.409 e. The summed E-state index contributed by atoms with van der Waals surface area (Å²) in [5, 5.41) is 5.15. The number of ether oxygens (including phenoxy) is 2. The van der Waals surface area contributed by atoms with Gasteiger partial charge in [-0.05, 0) is 32.0 Å². The number of amides is 3. The van der Waals surface area contributed by atoms with Crippen LogP contribution in [0.4, 0.5) is 25.4 Å². The van der Waals surface area contributed by atoms with E-state index in [1.807, 2.05) is 6.92 Å². The van der Waals surface area contributed by atoms with E-state index in [1.54, 1.807) is 26.1 Å². The molecule has 0 radical (unpaired) electrons. The van der Waals surface area contributed by atoms with Crippen molar-refractivity contribution in [2.75, 3.05) is 31.3 Å². The molecule has 1 heterocycles. The molecule has 0 unspecified atom stereocenters. The minimum absolute atomic E-state index is 0.220. The fraction of sp³-hybridized carbons (Fsp3) is 0.316. The van der Waals surface area contributed by atoms with Gasteiger partial charge in [0.15, 0.2) is 0 Å². The molecule has 1 aromatic heterocycles. The number of benzene rings is 1. The van der Waals surface area contributed by atoms with Crippen molar-refractivity contribution in [3.63, 3.8) is 0 Å². The highest BCUT2D eigenvalue weighted by Crippen LogP contribution is 2.22. The second-order valence-electron chi connectivity index (χ2n) is 6.22. The number of methoxy groups -OCH3 is 1. The van der Waals surface area contributed by atoms with E-state index in [0.717, 1.165) is 5.69 Å². The van der Waals surface area contributed by atoms with Crippen LogP contribution in [0.2, 0.25) is 0 Å². The van der Waals surface area contributed by atoms with Crippen molar-refractivity contribution in [2.24, 2.45) is 0 Å². The number of pyridine rings is 1. The molecule has 28 heavy (non-hydrogen) atoms. The second-order valence-corrected chi connectivity index (χ2v) is 6.22. The van der Waals surface area contributed by atoms with Crippen molar-refractivity contribution in [1.82, 2.24) is 9.88 Å². The van der Waals surface area contributed by atoms with Crippen LogP contribution in [0.15, 0.2) is 36.5 Å². The quantitative estimate of drug-likeness (QED) is 0.786. The molecule has 9 heteroatoms. The highest BCUT2D eigenvalue weighted by atomic mass is 19.1. The van der Waals surface area contributed by atoms with Crippen LogP contribution < -0.4 is 15.4 Å². The van der Waals surface area contributed by atoms with Crippen molar-refractivity contribution in [3.05, 3.63) is 48.0 Å². The van der Waals surface area contributed by atoms with Crippen molar-refractivity contribution >= 4 is 23.5 Å². The second kappa shape index (κ2) is 9.54. The predicted octanol–water partition coefficient (Wildman–Crippen LogP) is 3.64. The Balaban J connectivity index is 1.98. The van der Waals surface area contributed by atoms with Gasteiger partial charge < -0.3 is 25.0 Å². The lowest BCUT2D eigenvalue weighted by atomic mass is 10.2. The lowest BCUT2D eigenvalue weighted by molar-refractivity contribution is 0.110. The van der Waals surface area contributed by atoms with Gasteiger partial charge in [0.05, 0.1) is 25.5 Å². The highest BCUT2D eigenvalue weighted by Gasteiger charge is 2.14. The largest absolute Gasteiger partial charge is 0.489 e. The molecule has 2 rings (SSSR count). The average molecular weight is 390 g/mol. The Bertz CT molecular complexity index is 829. The molecule has 0 saturated heterocycles. The van der Waals surface area contributed by atoms with Gasteiger partial charge >= 0.3 is 12.1 Å². The Kier molecular flexibility index (Phi) is 7.14. The topological polar surface area (TPSA) is 92.8 Å². The SMILES string of the molecule is COC(=O)N(C)C[C@H](C)Oc1cc(F)cc(NC(=O)Nc2ccc(C)nc2)c1. The first-order valence-electron chi connectivity index (χ1n) is 8.54. The van der Waals surface area contributed by atoms with Crippen LogP contribution in [0.25, 0.3) is 0 Å². The van der Waals surface area contributed by atoms with Gasteiger partial charge in [0.1, 0.15) is 17.7 Å². The molecule has 0 aliphatic heterocycles. The number of hydrogen-bond donors (Lipinski definition) is 2. The zero-order valence-electron chi connectivity index (χ0n) is 16.2. The molecule has 0 aliphatic carbocycles. The van der Waals surface area contributed by atoms with Crippen LogP contribution in [-0.4, -0.2) is 48.8 Å². The third kappa shape index (κ3) is 6.42. The number of anilines is 2. The minimum Gasteiger partial charge on any atom is -0.489 e. The normalized spacial score (nSPS) is 11.3. The van der Waals surface area contributed by atoms with E-state index in [9.17, 15) is 14.0 Å². The number of likely N-dealkylation sites (N-methyl/N-ethyl adjacent to an activating group) is 1. The molecule has 8 nitrogen and oxygen atoms in total. The monoisotopic (exact) mass is 390 g/mol. The van der Waals surface area contributed by atoms with E-state index >= 15 is 0 Å². The number of carbonyl (C=O) groups excluding carboxylic acids is 2. The van der Waals surface area contributed by atoms with Crippen molar-refractivity contribution in [3.8, 4) is 5.75 Å². The molecule has 1 atom stereocenters. The van der Waals surface area contributed by atoms with Gasteiger partial charge in [0, 0.05) is 30.6 Å².